The molecule has 7 heteroatoms. The van der Waals surface area contributed by atoms with Crippen molar-refractivity contribution in [1.82, 2.24) is 5.01 Å². The number of nitro benzene ring substituents is 1. The molecule has 1 heterocycles. The Hall–Kier alpha value is -2.44. The molecule has 0 unspecified atom stereocenters. The van der Waals surface area contributed by atoms with Gasteiger partial charge in [0.25, 0.3) is 11.6 Å². The largest absolute Gasteiger partial charge is 0.289 e. The predicted octanol–water partition coefficient (Wildman–Crippen LogP) is 2.24. The Morgan fingerprint density at radius 2 is 1.76 bits per heavy atom. The Kier molecular flexibility index (Phi) is 3.12. The third kappa shape index (κ3) is 2.24. The third-order valence-corrected chi connectivity index (χ3v) is 4.28. The summed E-state index contributed by atoms with van der Waals surface area (Å²) in [4.78, 5) is 34.6. The van der Waals surface area contributed by atoms with Gasteiger partial charge in [-0.3, -0.25) is 25.1 Å². The van der Waals surface area contributed by atoms with Crippen LogP contribution in [0.4, 0.5) is 11.4 Å². The van der Waals surface area contributed by atoms with Gasteiger partial charge in [0, 0.05) is 18.6 Å². The second-order valence-electron chi connectivity index (χ2n) is 5.61. The van der Waals surface area contributed by atoms with Gasteiger partial charge in [0.05, 0.1) is 16.0 Å². The quantitative estimate of drug-likeness (QED) is 0.523. The average molecular weight is 289 g/mol. The monoisotopic (exact) mass is 289 g/mol. The van der Waals surface area contributed by atoms with Crippen LogP contribution >= 0.6 is 0 Å². The highest BCUT2D eigenvalue weighted by Gasteiger charge is 2.53. The molecule has 1 saturated carbocycles. The van der Waals surface area contributed by atoms with Gasteiger partial charge in [-0.15, -0.1) is 0 Å². The molecule has 2 fully saturated rings. The van der Waals surface area contributed by atoms with Crippen LogP contribution in [-0.4, -0.2) is 21.7 Å². The van der Waals surface area contributed by atoms with E-state index in [0.717, 1.165) is 30.7 Å². The van der Waals surface area contributed by atoms with Crippen molar-refractivity contribution in [3.63, 3.8) is 0 Å². The summed E-state index contributed by atoms with van der Waals surface area (Å²) in [5, 5.41) is 11.7. The fourth-order valence-electron chi connectivity index (χ4n) is 3.14. The second kappa shape index (κ2) is 4.83. The van der Waals surface area contributed by atoms with Gasteiger partial charge in [0.1, 0.15) is 0 Å². The SMILES string of the molecule is O=C1CC2(CCCC2)C(=O)N1Nc1ccc([N+](=O)[O-])cc1. The second-order valence-corrected chi connectivity index (χ2v) is 5.61. The van der Waals surface area contributed by atoms with Gasteiger partial charge in [-0.1, -0.05) is 12.8 Å². The first-order valence-corrected chi connectivity index (χ1v) is 6.90. The number of amides is 2. The number of imide groups is 1. The van der Waals surface area contributed by atoms with Crippen molar-refractivity contribution in [3.05, 3.63) is 34.4 Å². The number of nitrogens with one attached hydrogen (secondary N) is 1. The Labute approximate surface area is 121 Å². The smallest absolute Gasteiger partial charge is 0.269 e. The Morgan fingerprint density at radius 3 is 2.33 bits per heavy atom. The molecule has 1 N–H and O–H groups in total. The molecule has 1 aromatic carbocycles. The van der Waals surface area contributed by atoms with Crippen LogP contribution in [0.15, 0.2) is 24.3 Å². The summed E-state index contributed by atoms with van der Waals surface area (Å²) in [7, 11) is 0. The zero-order valence-corrected chi connectivity index (χ0v) is 11.4. The lowest BCUT2D eigenvalue weighted by atomic mass is 9.85. The van der Waals surface area contributed by atoms with Crippen molar-refractivity contribution < 1.29 is 14.5 Å². The van der Waals surface area contributed by atoms with Gasteiger partial charge >= 0.3 is 0 Å². The molecule has 7 nitrogen and oxygen atoms in total. The average Bonchev–Trinajstić information content (AvgIpc) is 3.01. The number of benzene rings is 1. The minimum Gasteiger partial charge on any atom is -0.289 e. The molecule has 1 aliphatic heterocycles. The van der Waals surface area contributed by atoms with Crippen LogP contribution in [0, 0.1) is 15.5 Å². The molecule has 1 aromatic rings. The van der Waals surface area contributed by atoms with Crippen molar-refractivity contribution >= 4 is 23.2 Å². The first kappa shape index (κ1) is 13.5. The lowest BCUT2D eigenvalue weighted by Gasteiger charge is -2.21. The molecule has 2 aliphatic rings. The predicted molar refractivity (Wildman–Crippen MR) is 74.1 cm³/mol. The summed E-state index contributed by atoms with van der Waals surface area (Å²) < 4.78 is 0. The number of anilines is 1. The van der Waals surface area contributed by atoms with Crippen LogP contribution in [0.5, 0.6) is 0 Å². The van der Waals surface area contributed by atoms with E-state index < -0.39 is 10.3 Å². The third-order valence-electron chi connectivity index (χ3n) is 4.28. The number of hydrazine groups is 1. The van der Waals surface area contributed by atoms with Crippen LogP contribution in [0.1, 0.15) is 32.1 Å². The summed E-state index contributed by atoms with van der Waals surface area (Å²) in [6, 6.07) is 5.63. The number of nitrogens with zero attached hydrogens (tertiary/aromatic N) is 2. The molecule has 2 amide bonds. The lowest BCUT2D eigenvalue weighted by Crippen LogP contribution is -2.38. The van der Waals surface area contributed by atoms with Gasteiger partial charge in [-0.25, -0.2) is 0 Å². The van der Waals surface area contributed by atoms with Crippen LogP contribution in [0.3, 0.4) is 0 Å². The van der Waals surface area contributed by atoms with E-state index in [1.54, 1.807) is 0 Å². The van der Waals surface area contributed by atoms with E-state index in [4.69, 9.17) is 0 Å². The first-order chi connectivity index (χ1) is 10.0. The number of carbonyl (C=O) groups is 2. The first-order valence-electron chi connectivity index (χ1n) is 6.90. The van der Waals surface area contributed by atoms with Crippen LogP contribution in [0.25, 0.3) is 0 Å². The van der Waals surface area contributed by atoms with Gasteiger partial charge < -0.3 is 0 Å². The van der Waals surface area contributed by atoms with Crippen LogP contribution < -0.4 is 5.43 Å². The molecule has 1 saturated heterocycles. The van der Waals surface area contributed by atoms with Crippen molar-refractivity contribution in [2.24, 2.45) is 5.41 Å². The van der Waals surface area contributed by atoms with Crippen LogP contribution in [0.2, 0.25) is 0 Å². The maximum Gasteiger partial charge on any atom is 0.269 e. The lowest BCUT2D eigenvalue weighted by molar-refractivity contribution is -0.384. The molecule has 0 radical (unpaired) electrons. The number of hydrogen-bond donors (Lipinski definition) is 1. The number of carbonyl (C=O) groups excluding carboxylic acids is 2. The summed E-state index contributed by atoms with van der Waals surface area (Å²) in [5.41, 5.74) is 2.69. The number of non-ortho nitro benzene ring substituents is 1. The van der Waals surface area contributed by atoms with Gasteiger partial charge in [-0.2, -0.15) is 5.01 Å². The fraction of sp³-hybridized carbons (Fsp3) is 0.429. The standard InChI is InChI=1S/C14H15N3O4/c18-12-9-14(7-1-2-8-14)13(19)16(12)15-10-3-5-11(6-4-10)17(20)21/h3-6,15H,1-2,7-9H2. The minimum atomic E-state index is -0.523. The van der Waals surface area contributed by atoms with Crippen LogP contribution in [-0.2, 0) is 9.59 Å². The van der Waals surface area contributed by atoms with Gasteiger partial charge in [0.15, 0.2) is 0 Å². The Morgan fingerprint density at radius 1 is 1.14 bits per heavy atom. The molecule has 0 aromatic heterocycles. The molecule has 3 rings (SSSR count). The highest BCUT2D eigenvalue weighted by Crippen LogP contribution is 2.46. The van der Waals surface area contributed by atoms with Crippen molar-refractivity contribution in [3.8, 4) is 0 Å². The zero-order valence-electron chi connectivity index (χ0n) is 11.4. The highest BCUT2D eigenvalue weighted by molar-refractivity contribution is 6.06. The Balaban J connectivity index is 1.77. The van der Waals surface area contributed by atoms with Crippen molar-refractivity contribution in [2.75, 3.05) is 5.43 Å². The highest BCUT2D eigenvalue weighted by atomic mass is 16.6. The minimum absolute atomic E-state index is 0.0353. The molecular weight excluding hydrogens is 274 g/mol. The molecule has 21 heavy (non-hydrogen) atoms. The van der Waals surface area contributed by atoms with Gasteiger partial charge in [0.2, 0.25) is 5.91 Å². The zero-order chi connectivity index (χ0) is 15.0. The summed E-state index contributed by atoms with van der Waals surface area (Å²) >= 11 is 0. The number of rotatable bonds is 3. The van der Waals surface area contributed by atoms with E-state index in [1.807, 2.05) is 0 Å². The summed E-state index contributed by atoms with van der Waals surface area (Å²) in [6.07, 6.45) is 3.73. The van der Waals surface area contributed by atoms with E-state index >= 15 is 0 Å². The van der Waals surface area contributed by atoms with Crippen molar-refractivity contribution in [2.45, 2.75) is 32.1 Å². The summed E-state index contributed by atoms with van der Waals surface area (Å²) in [5.74, 6) is -0.413. The van der Waals surface area contributed by atoms with E-state index in [9.17, 15) is 19.7 Å². The molecule has 110 valence electrons. The topological polar surface area (TPSA) is 92.6 Å². The molecule has 1 aliphatic carbocycles. The summed E-state index contributed by atoms with van der Waals surface area (Å²) in [6.45, 7) is 0. The maximum absolute atomic E-state index is 12.5. The van der Waals surface area contributed by atoms with Crippen molar-refractivity contribution in [1.29, 1.82) is 0 Å². The molecule has 0 bridgehead atoms. The molecule has 1 spiro atoms. The maximum atomic E-state index is 12.5. The van der Waals surface area contributed by atoms with Gasteiger partial charge in [-0.05, 0) is 25.0 Å². The van der Waals surface area contributed by atoms with E-state index in [2.05, 4.69) is 5.43 Å². The van der Waals surface area contributed by atoms with E-state index in [-0.39, 0.29) is 23.9 Å². The number of hydrogen-bond acceptors (Lipinski definition) is 5. The van der Waals surface area contributed by atoms with E-state index in [1.165, 1.54) is 24.3 Å². The number of nitro groups is 1. The normalized spacial score (nSPS) is 20.3. The Bertz CT molecular complexity index is 605. The molecular formula is C14H15N3O4. The molecule has 0 atom stereocenters. The fourth-order valence-corrected chi connectivity index (χ4v) is 3.14. The van der Waals surface area contributed by atoms with E-state index in [0.29, 0.717) is 5.69 Å².